The van der Waals surface area contributed by atoms with Gasteiger partial charge in [0.25, 0.3) is 0 Å². The van der Waals surface area contributed by atoms with E-state index in [1.165, 1.54) is 17.0 Å². The molecule has 0 spiro atoms. The minimum Gasteiger partial charge on any atom is -0.357 e. The molecule has 1 heterocycles. The third kappa shape index (κ3) is 9.04. The number of alkyl halides is 3. The number of nitrogens with zero attached hydrogens (tertiary/aromatic N) is 3. The van der Waals surface area contributed by atoms with Gasteiger partial charge in [-0.15, -0.1) is 24.0 Å². The van der Waals surface area contributed by atoms with Crippen molar-refractivity contribution >= 4 is 29.9 Å². The maximum absolute atomic E-state index is 13.6. The van der Waals surface area contributed by atoms with Gasteiger partial charge >= 0.3 is 6.18 Å². The highest BCUT2D eigenvalue weighted by atomic mass is 127. The van der Waals surface area contributed by atoms with E-state index in [9.17, 15) is 17.6 Å². The van der Waals surface area contributed by atoms with Crippen LogP contribution >= 0.6 is 24.0 Å². The predicted octanol–water partition coefficient (Wildman–Crippen LogP) is 3.24. The molecule has 0 amide bonds. The zero-order valence-corrected chi connectivity index (χ0v) is 19.3. The lowest BCUT2D eigenvalue weighted by molar-refractivity contribution is -0.143. The van der Waals surface area contributed by atoms with Gasteiger partial charge < -0.3 is 15.5 Å². The van der Waals surface area contributed by atoms with Crippen LogP contribution in [0.1, 0.15) is 24.9 Å². The number of hydrogen-bond acceptors (Lipinski definition) is 3. The summed E-state index contributed by atoms with van der Waals surface area (Å²) in [5.41, 5.74) is 0.821. The van der Waals surface area contributed by atoms with E-state index in [0.29, 0.717) is 38.6 Å². The Morgan fingerprint density at radius 2 is 2.07 bits per heavy atom. The second-order valence-electron chi connectivity index (χ2n) is 7.23. The minimum atomic E-state index is -4.18. The Hall–Kier alpha value is -1.14. The SMILES string of the molecule is CCNC(=NCC(c1cccc(F)c1)N(C)C)NC1CCN(CC(F)(F)F)C1.I. The molecule has 2 N–H and O–H groups in total. The lowest BCUT2D eigenvalue weighted by atomic mass is 10.1. The van der Waals surface area contributed by atoms with Crippen molar-refractivity contribution in [2.45, 2.75) is 31.6 Å². The fourth-order valence-corrected chi connectivity index (χ4v) is 3.32. The van der Waals surface area contributed by atoms with E-state index < -0.39 is 12.7 Å². The van der Waals surface area contributed by atoms with E-state index in [2.05, 4.69) is 15.6 Å². The van der Waals surface area contributed by atoms with Gasteiger partial charge in [0.2, 0.25) is 0 Å². The summed E-state index contributed by atoms with van der Waals surface area (Å²) in [7, 11) is 3.80. The molecule has 0 bridgehead atoms. The smallest absolute Gasteiger partial charge is 0.357 e. The summed E-state index contributed by atoms with van der Waals surface area (Å²) < 4.78 is 51.3. The highest BCUT2D eigenvalue weighted by Gasteiger charge is 2.34. The van der Waals surface area contributed by atoms with Crippen LogP contribution in [-0.4, -0.2) is 74.8 Å². The molecule has 10 heteroatoms. The topological polar surface area (TPSA) is 42.9 Å². The molecule has 1 aromatic carbocycles. The molecular formula is C19H30F4IN5. The molecule has 166 valence electrons. The molecule has 0 aromatic heterocycles. The van der Waals surface area contributed by atoms with Crippen molar-refractivity contribution in [1.82, 2.24) is 20.4 Å². The van der Waals surface area contributed by atoms with Crippen LogP contribution in [0.3, 0.4) is 0 Å². The zero-order valence-electron chi connectivity index (χ0n) is 17.0. The number of likely N-dealkylation sites (tertiary alicyclic amines) is 1. The standard InChI is InChI=1S/C19H29F4N5.HI/c1-4-24-18(26-16-8-9-28(12-16)13-19(21,22)23)25-11-17(27(2)3)14-6-5-7-15(20)10-14;/h5-7,10,16-17H,4,8-9,11-13H2,1-3H3,(H2,24,25,26);1H. The van der Waals surface area contributed by atoms with E-state index >= 15 is 0 Å². The lowest BCUT2D eigenvalue weighted by Crippen LogP contribution is -2.45. The summed E-state index contributed by atoms with van der Waals surface area (Å²) in [5.74, 6) is 0.263. The van der Waals surface area contributed by atoms with Gasteiger partial charge in [0, 0.05) is 25.7 Å². The fraction of sp³-hybridized carbons (Fsp3) is 0.632. The van der Waals surface area contributed by atoms with Gasteiger partial charge in [-0.2, -0.15) is 13.2 Å². The molecule has 0 radical (unpaired) electrons. The molecular weight excluding hydrogens is 501 g/mol. The summed E-state index contributed by atoms with van der Waals surface area (Å²) in [6.07, 6.45) is -3.56. The first-order valence-corrected chi connectivity index (χ1v) is 9.43. The third-order valence-corrected chi connectivity index (χ3v) is 4.64. The van der Waals surface area contributed by atoms with Gasteiger partial charge in [-0.05, 0) is 45.1 Å². The van der Waals surface area contributed by atoms with Crippen LogP contribution in [0, 0.1) is 5.82 Å². The minimum absolute atomic E-state index is 0. The molecule has 2 atom stereocenters. The number of nitrogens with one attached hydrogen (secondary N) is 2. The number of benzene rings is 1. The molecule has 0 saturated carbocycles. The van der Waals surface area contributed by atoms with Gasteiger partial charge in [-0.3, -0.25) is 9.89 Å². The van der Waals surface area contributed by atoms with E-state index in [4.69, 9.17) is 0 Å². The number of hydrogen-bond donors (Lipinski definition) is 2. The van der Waals surface area contributed by atoms with Crippen molar-refractivity contribution < 1.29 is 17.6 Å². The predicted molar refractivity (Wildman–Crippen MR) is 118 cm³/mol. The van der Waals surface area contributed by atoms with Crippen molar-refractivity contribution in [1.29, 1.82) is 0 Å². The Morgan fingerprint density at radius 1 is 1.34 bits per heavy atom. The quantitative estimate of drug-likeness (QED) is 0.246. The van der Waals surface area contributed by atoms with Crippen molar-refractivity contribution in [3.63, 3.8) is 0 Å². The van der Waals surface area contributed by atoms with Crippen molar-refractivity contribution in [3.8, 4) is 0 Å². The maximum Gasteiger partial charge on any atom is 0.401 e. The second kappa shape index (κ2) is 11.9. The van der Waals surface area contributed by atoms with Gasteiger partial charge in [0.15, 0.2) is 5.96 Å². The first kappa shape index (κ1) is 25.9. The van der Waals surface area contributed by atoms with E-state index in [1.807, 2.05) is 32.0 Å². The van der Waals surface area contributed by atoms with Crippen LogP contribution in [0.15, 0.2) is 29.3 Å². The van der Waals surface area contributed by atoms with Gasteiger partial charge in [0.1, 0.15) is 5.82 Å². The average molecular weight is 531 g/mol. The van der Waals surface area contributed by atoms with Gasteiger partial charge in [0.05, 0.1) is 19.1 Å². The van der Waals surface area contributed by atoms with E-state index in [1.54, 1.807) is 6.07 Å². The number of aliphatic imine (C=N–C) groups is 1. The Bertz CT molecular complexity index is 654. The largest absolute Gasteiger partial charge is 0.401 e. The molecule has 1 aromatic rings. The van der Waals surface area contributed by atoms with Crippen LogP contribution < -0.4 is 10.6 Å². The summed E-state index contributed by atoms with van der Waals surface area (Å²) in [4.78, 5) is 7.95. The summed E-state index contributed by atoms with van der Waals surface area (Å²) in [6, 6.07) is 6.21. The van der Waals surface area contributed by atoms with Crippen molar-refractivity contribution in [3.05, 3.63) is 35.6 Å². The number of rotatable bonds is 7. The molecule has 2 unspecified atom stereocenters. The van der Waals surface area contributed by atoms with Crippen LogP contribution in [0.4, 0.5) is 17.6 Å². The zero-order chi connectivity index (χ0) is 20.7. The highest BCUT2D eigenvalue weighted by Crippen LogP contribution is 2.21. The van der Waals surface area contributed by atoms with Crippen LogP contribution in [0.2, 0.25) is 0 Å². The Morgan fingerprint density at radius 3 is 2.66 bits per heavy atom. The van der Waals surface area contributed by atoms with E-state index in [-0.39, 0.29) is 41.9 Å². The third-order valence-electron chi connectivity index (χ3n) is 4.64. The average Bonchev–Trinajstić information content (AvgIpc) is 3.00. The highest BCUT2D eigenvalue weighted by molar-refractivity contribution is 14.0. The molecule has 0 aliphatic carbocycles. The first-order valence-electron chi connectivity index (χ1n) is 9.43. The normalized spacial score (nSPS) is 19.2. The van der Waals surface area contributed by atoms with Gasteiger partial charge in [-0.1, -0.05) is 12.1 Å². The van der Waals surface area contributed by atoms with Crippen LogP contribution in [-0.2, 0) is 0 Å². The Labute approximate surface area is 186 Å². The first-order chi connectivity index (χ1) is 13.2. The second-order valence-corrected chi connectivity index (χ2v) is 7.23. The molecule has 2 rings (SSSR count). The molecule has 1 aliphatic heterocycles. The molecule has 5 nitrogen and oxygen atoms in total. The maximum atomic E-state index is 13.6. The summed E-state index contributed by atoms with van der Waals surface area (Å²) in [6.45, 7) is 2.80. The Kier molecular flexibility index (Phi) is 10.6. The number of halogens is 5. The van der Waals surface area contributed by atoms with Gasteiger partial charge in [-0.25, -0.2) is 4.39 Å². The summed E-state index contributed by atoms with van der Waals surface area (Å²) in [5, 5.41) is 6.36. The summed E-state index contributed by atoms with van der Waals surface area (Å²) >= 11 is 0. The molecule has 1 saturated heterocycles. The lowest BCUT2D eigenvalue weighted by Gasteiger charge is -2.24. The van der Waals surface area contributed by atoms with E-state index in [0.717, 1.165) is 5.56 Å². The monoisotopic (exact) mass is 531 g/mol. The molecule has 1 aliphatic rings. The molecule has 1 fully saturated rings. The van der Waals surface area contributed by atoms with Crippen LogP contribution in [0.25, 0.3) is 0 Å². The fourth-order valence-electron chi connectivity index (χ4n) is 3.32. The molecule has 29 heavy (non-hydrogen) atoms. The van der Waals surface area contributed by atoms with Crippen molar-refractivity contribution in [2.75, 3.05) is 46.8 Å². The van der Waals surface area contributed by atoms with Crippen LogP contribution in [0.5, 0.6) is 0 Å². The Balaban J connectivity index is 0.00000420. The number of guanidine groups is 1. The van der Waals surface area contributed by atoms with Crippen molar-refractivity contribution in [2.24, 2.45) is 4.99 Å². The number of likely N-dealkylation sites (N-methyl/N-ethyl adjacent to an activating group) is 1.